The van der Waals surface area contributed by atoms with Crippen LogP contribution in [0.15, 0.2) is 41.2 Å². The normalized spacial score (nSPS) is 24.5. The summed E-state index contributed by atoms with van der Waals surface area (Å²) in [5.74, 6) is -0.216. The summed E-state index contributed by atoms with van der Waals surface area (Å²) >= 11 is 0. The largest absolute Gasteiger partial charge is 0.443 e. The van der Waals surface area contributed by atoms with E-state index in [9.17, 15) is 14.0 Å². The number of nitrogens with zero attached hydrogens (tertiary/aromatic N) is 4. The first-order valence-electron chi connectivity index (χ1n) is 9.21. The van der Waals surface area contributed by atoms with Crippen molar-refractivity contribution in [3.05, 3.63) is 42.3 Å². The van der Waals surface area contributed by atoms with Crippen LogP contribution in [0.5, 0.6) is 0 Å². The van der Waals surface area contributed by atoms with Gasteiger partial charge in [-0.3, -0.25) is 10.2 Å². The Morgan fingerprint density at radius 3 is 2.76 bits per heavy atom. The summed E-state index contributed by atoms with van der Waals surface area (Å²) in [6, 6.07) is 9.07. The van der Waals surface area contributed by atoms with Crippen LogP contribution in [0.4, 0.5) is 15.1 Å². The summed E-state index contributed by atoms with van der Waals surface area (Å²) in [5.41, 5.74) is 2.33. The quantitative estimate of drug-likeness (QED) is 0.696. The number of alkyl carbamates (subject to hydrolysis) is 1. The van der Waals surface area contributed by atoms with E-state index in [0.717, 1.165) is 6.39 Å². The number of hydrogen-bond donors (Lipinski definition) is 2. The summed E-state index contributed by atoms with van der Waals surface area (Å²) in [5, 5.41) is 7.75. The molecule has 2 saturated heterocycles. The van der Waals surface area contributed by atoms with Crippen molar-refractivity contribution in [2.24, 2.45) is 0 Å². The van der Waals surface area contributed by atoms with Crippen LogP contribution in [0, 0.1) is 0 Å². The van der Waals surface area contributed by atoms with Gasteiger partial charge in [0.05, 0.1) is 13.1 Å². The highest BCUT2D eigenvalue weighted by molar-refractivity contribution is 5.89. The molecule has 29 heavy (non-hydrogen) atoms. The number of benzene rings is 1. The van der Waals surface area contributed by atoms with Gasteiger partial charge in [0.25, 0.3) is 5.95 Å². The molecule has 11 heteroatoms. The van der Waals surface area contributed by atoms with Gasteiger partial charge in [-0.05, 0) is 17.6 Å². The molecular weight excluding hydrogens is 383 g/mol. The Morgan fingerprint density at radius 1 is 1.34 bits per heavy atom. The highest BCUT2D eigenvalue weighted by Gasteiger charge is 2.48. The number of hydrogen-bond acceptors (Lipinski definition) is 8. The van der Waals surface area contributed by atoms with Crippen molar-refractivity contribution in [3.8, 4) is 0 Å². The Hall–Kier alpha value is -3.21. The fraction of sp³-hybridized carbons (Fsp3) is 0.444. The van der Waals surface area contributed by atoms with Crippen LogP contribution in [0.2, 0.25) is 0 Å². The number of piperazine rings is 1. The van der Waals surface area contributed by atoms with Crippen LogP contribution >= 0.6 is 0 Å². The summed E-state index contributed by atoms with van der Waals surface area (Å²) in [6.07, 6.45) is -1.55. The second-order valence-corrected chi connectivity index (χ2v) is 7.09. The van der Waals surface area contributed by atoms with Gasteiger partial charge in [0.2, 0.25) is 12.3 Å². The molecule has 0 spiro atoms. The molecular formula is C18H21FN6O4. The lowest BCUT2D eigenvalue weighted by Gasteiger charge is -2.39. The molecule has 1 aromatic heterocycles. The Morgan fingerprint density at radius 2 is 2.14 bits per heavy atom. The number of halogens is 1. The Labute approximate surface area is 166 Å². The van der Waals surface area contributed by atoms with E-state index in [-0.39, 0.29) is 31.5 Å². The van der Waals surface area contributed by atoms with Gasteiger partial charge in [0.15, 0.2) is 6.30 Å². The van der Waals surface area contributed by atoms with E-state index >= 15 is 0 Å². The standard InChI is InChI=1S/C18H21FN6O4/c1-18(12-5-3-2-4-6-12,13-9-20-17(27)29-13)15(26)22-24-7-8-25(14(19)10-24)16-21-11-28-23-16/h2-6,11,13-14H,7-10H2,1H3,(H,20,27)(H,22,26). The third kappa shape index (κ3) is 3.60. The first-order valence-corrected chi connectivity index (χ1v) is 9.21. The summed E-state index contributed by atoms with van der Waals surface area (Å²) in [6.45, 7) is 2.46. The second kappa shape index (κ2) is 7.66. The van der Waals surface area contributed by atoms with Crippen LogP contribution in [-0.2, 0) is 14.9 Å². The van der Waals surface area contributed by atoms with Crippen molar-refractivity contribution in [1.82, 2.24) is 25.9 Å². The Kier molecular flexibility index (Phi) is 5.05. The van der Waals surface area contributed by atoms with Crippen molar-refractivity contribution in [2.45, 2.75) is 24.7 Å². The SMILES string of the molecule is CC(C(=O)NN1CCN(c2ncon2)C(F)C1)(c1ccccc1)C1CNC(=O)O1. The maximum Gasteiger partial charge on any atom is 0.407 e. The van der Waals surface area contributed by atoms with Gasteiger partial charge < -0.3 is 19.5 Å². The van der Waals surface area contributed by atoms with Crippen LogP contribution in [0.3, 0.4) is 0 Å². The third-order valence-electron chi connectivity index (χ3n) is 5.36. The first-order chi connectivity index (χ1) is 14.0. The molecule has 3 heterocycles. The van der Waals surface area contributed by atoms with Crippen molar-refractivity contribution < 1.29 is 23.2 Å². The number of cyclic esters (lactones) is 1. The molecule has 2 aliphatic heterocycles. The Balaban J connectivity index is 1.49. The predicted octanol–water partition coefficient (Wildman–Crippen LogP) is 0.585. The number of ether oxygens (including phenoxy) is 1. The molecule has 0 saturated carbocycles. The Bertz CT molecular complexity index is 867. The molecule has 0 aliphatic carbocycles. The number of hydrazine groups is 1. The van der Waals surface area contributed by atoms with Gasteiger partial charge in [-0.1, -0.05) is 30.3 Å². The number of nitrogens with one attached hydrogen (secondary N) is 2. The van der Waals surface area contributed by atoms with Gasteiger partial charge in [0, 0.05) is 13.1 Å². The molecule has 2 aliphatic rings. The van der Waals surface area contributed by atoms with E-state index in [2.05, 4.69) is 25.4 Å². The molecule has 10 nitrogen and oxygen atoms in total. The van der Waals surface area contributed by atoms with Gasteiger partial charge in [0.1, 0.15) is 11.5 Å². The fourth-order valence-corrected chi connectivity index (χ4v) is 3.58. The lowest BCUT2D eigenvalue weighted by Crippen LogP contribution is -2.61. The molecule has 2 fully saturated rings. The van der Waals surface area contributed by atoms with E-state index in [1.807, 2.05) is 18.2 Å². The minimum atomic E-state index is -1.42. The predicted molar refractivity (Wildman–Crippen MR) is 98.3 cm³/mol. The average Bonchev–Trinajstić information content (AvgIpc) is 3.40. The number of alkyl halides is 1. The monoisotopic (exact) mass is 404 g/mol. The highest BCUT2D eigenvalue weighted by atomic mass is 19.1. The molecule has 0 bridgehead atoms. The van der Waals surface area contributed by atoms with Crippen molar-refractivity contribution in [3.63, 3.8) is 0 Å². The van der Waals surface area contributed by atoms with E-state index in [4.69, 9.17) is 4.74 Å². The topological polar surface area (TPSA) is 113 Å². The van der Waals surface area contributed by atoms with Crippen LogP contribution in [0.1, 0.15) is 12.5 Å². The first kappa shape index (κ1) is 19.1. The molecule has 3 atom stereocenters. The van der Waals surface area contributed by atoms with Crippen molar-refractivity contribution in [2.75, 3.05) is 31.1 Å². The van der Waals surface area contributed by atoms with E-state index in [1.54, 1.807) is 19.1 Å². The molecule has 1 aromatic carbocycles. The van der Waals surface area contributed by atoms with E-state index in [0.29, 0.717) is 12.1 Å². The number of amides is 2. The minimum Gasteiger partial charge on any atom is -0.443 e. The molecule has 0 radical (unpaired) electrons. The molecule has 2 N–H and O–H groups in total. The van der Waals surface area contributed by atoms with Crippen molar-refractivity contribution in [1.29, 1.82) is 0 Å². The van der Waals surface area contributed by atoms with Crippen LogP contribution < -0.4 is 15.6 Å². The molecule has 2 amide bonds. The molecule has 154 valence electrons. The summed E-state index contributed by atoms with van der Waals surface area (Å²) in [4.78, 5) is 30.1. The molecule has 2 aromatic rings. The number of aromatic nitrogens is 2. The molecule has 3 unspecified atom stereocenters. The van der Waals surface area contributed by atoms with Gasteiger partial charge in [-0.15, -0.1) is 0 Å². The summed E-state index contributed by atoms with van der Waals surface area (Å²) in [7, 11) is 0. The second-order valence-electron chi connectivity index (χ2n) is 7.09. The van der Waals surface area contributed by atoms with Gasteiger partial charge in [-0.25, -0.2) is 14.2 Å². The van der Waals surface area contributed by atoms with Gasteiger partial charge in [-0.2, -0.15) is 4.98 Å². The lowest BCUT2D eigenvalue weighted by molar-refractivity contribution is -0.135. The zero-order valence-electron chi connectivity index (χ0n) is 15.7. The molecule has 4 rings (SSSR count). The fourth-order valence-electron chi connectivity index (χ4n) is 3.58. The number of carbonyl (C=O) groups is 2. The van der Waals surface area contributed by atoms with Crippen LogP contribution in [0.25, 0.3) is 0 Å². The van der Waals surface area contributed by atoms with E-state index < -0.39 is 23.9 Å². The van der Waals surface area contributed by atoms with Gasteiger partial charge >= 0.3 is 6.09 Å². The number of rotatable bonds is 5. The maximum absolute atomic E-state index is 14.6. The zero-order chi connectivity index (χ0) is 20.4. The minimum absolute atomic E-state index is 0.0755. The maximum atomic E-state index is 14.6. The van der Waals surface area contributed by atoms with E-state index in [1.165, 1.54) is 9.91 Å². The average molecular weight is 404 g/mol. The third-order valence-corrected chi connectivity index (χ3v) is 5.36. The zero-order valence-corrected chi connectivity index (χ0v) is 15.7. The summed E-state index contributed by atoms with van der Waals surface area (Å²) < 4.78 is 24.6. The highest BCUT2D eigenvalue weighted by Crippen LogP contribution is 2.32. The number of anilines is 1. The smallest absolute Gasteiger partial charge is 0.407 e. The number of carbonyl (C=O) groups excluding carboxylic acids is 2. The van der Waals surface area contributed by atoms with Crippen molar-refractivity contribution >= 4 is 17.9 Å². The lowest BCUT2D eigenvalue weighted by atomic mass is 9.76. The van der Waals surface area contributed by atoms with Crippen LogP contribution in [-0.4, -0.2) is 65.7 Å².